The van der Waals surface area contributed by atoms with Gasteiger partial charge in [-0.25, -0.2) is 8.78 Å². The van der Waals surface area contributed by atoms with Gasteiger partial charge in [-0.1, -0.05) is 17.7 Å². The van der Waals surface area contributed by atoms with Crippen molar-refractivity contribution < 1.29 is 8.78 Å². The van der Waals surface area contributed by atoms with Gasteiger partial charge in [0.2, 0.25) is 0 Å². The molecule has 2 rings (SSSR count). The second-order valence-electron chi connectivity index (χ2n) is 3.54. The molecular formula is C12H8Cl2F2S. The van der Waals surface area contributed by atoms with E-state index in [1.165, 1.54) is 23.5 Å². The molecule has 0 N–H and O–H groups in total. The van der Waals surface area contributed by atoms with E-state index >= 15 is 0 Å². The lowest BCUT2D eigenvalue weighted by molar-refractivity contribution is 0.571. The smallest absolute Gasteiger partial charge is 0.129 e. The lowest BCUT2D eigenvalue weighted by atomic mass is 10.1. The molecule has 0 aliphatic rings. The van der Waals surface area contributed by atoms with Crippen molar-refractivity contribution in [1.82, 2.24) is 0 Å². The third kappa shape index (κ3) is 2.97. The highest BCUT2D eigenvalue weighted by Crippen LogP contribution is 2.35. The van der Waals surface area contributed by atoms with Crippen molar-refractivity contribution in [3.05, 3.63) is 56.7 Å². The van der Waals surface area contributed by atoms with Gasteiger partial charge >= 0.3 is 0 Å². The summed E-state index contributed by atoms with van der Waals surface area (Å²) in [6, 6.07) is 5.23. The van der Waals surface area contributed by atoms with E-state index in [1.807, 2.05) is 5.38 Å². The Morgan fingerprint density at radius 2 is 2.00 bits per heavy atom. The normalized spacial score (nSPS) is 12.7. The first kappa shape index (κ1) is 12.8. The molecule has 2 aromatic rings. The van der Waals surface area contributed by atoms with Crippen molar-refractivity contribution in [3.8, 4) is 0 Å². The van der Waals surface area contributed by atoms with Gasteiger partial charge in [0, 0.05) is 10.9 Å². The highest BCUT2D eigenvalue weighted by molar-refractivity contribution is 7.11. The molecule has 0 spiro atoms. The molecular weight excluding hydrogens is 285 g/mol. The Bertz CT molecular complexity index is 525. The molecule has 5 heteroatoms. The van der Waals surface area contributed by atoms with Crippen molar-refractivity contribution in [3.63, 3.8) is 0 Å². The van der Waals surface area contributed by atoms with Crippen LogP contribution in [-0.2, 0) is 6.42 Å². The maximum Gasteiger partial charge on any atom is 0.129 e. The molecule has 0 saturated carbocycles. The maximum absolute atomic E-state index is 13.4. The van der Waals surface area contributed by atoms with E-state index in [1.54, 1.807) is 6.07 Å². The zero-order valence-corrected chi connectivity index (χ0v) is 10.9. The van der Waals surface area contributed by atoms with Crippen LogP contribution in [0.4, 0.5) is 8.78 Å². The minimum atomic E-state index is -0.591. The first-order chi connectivity index (χ1) is 8.08. The van der Waals surface area contributed by atoms with Gasteiger partial charge in [0.25, 0.3) is 0 Å². The van der Waals surface area contributed by atoms with E-state index in [0.29, 0.717) is 10.6 Å². The first-order valence-electron chi connectivity index (χ1n) is 4.89. The average Bonchev–Trinajstić information content (AvgIpc) is 2.68. The van der Waals surface area contributed by atoms with Crippen molar-refractivity contribution in [2.75, 3.05) is 0 Å². The predicted octanol–water partition coefficient (Wildman–Crippen LogP) is 5.20. The minimum Gasteiger partial charge on any atom is -0.207 e. The summed E-state index contributed by atoms with van der Waals surface area (Å²) < 4.78 is 26.2. The lowest BCUT2D eigenvalue weighted by Gasteiger charge is -2.09. The fourth-order valence-electron chi connectivity index (χ4n) is 1.50. The third-order valence-corrected chi connectivity index (χ3v) is 4.32. The summed E-state index contributed by atoms with van der Waals surface area (Å²) in [4.78, 5) is 0.803. The largest absolute Gasteiger partial charge is 0.207 e. The SMILES string of the molecule is Fc1ccc(CC(Cl)c2sccc2Cl)c(F)c1. The van der Waals surface area contributed by atoms with E-state index in [-0.39, 0.29) is 6.42 Å². The summed E-state index contributed by atoms with van der Waals surface area (Å²) in [5, 5.41) is 2.01. The summed E-state index contributed by atoms with van der Waals surface area (Å²) in [7, 11) is 0. The number of hydrogen-bond acceptors (Lipinski definition) is 1. The summed E-state index contributed by atoms with van der Waals surface area (Å²) in [5.41, 5.74) is 0.385. The van der Waals surface area contributed by atoms with Gasteiger partial charge in [-0.05, 0) is 29.5 Å². The summed E-state index contributed by atoms with van der Waals surface area (Å²) in [6.07, 6.45) is 0.286. The second-order valence-corrected chi connectivity index (χ2v) is 5.42. The molecule has 1 unspecified atom stereocenters. The molecule has 1 atom stereocenters. The van der Waals surface area contributed by atoms with Crippen molar-refractivity contribution in [1.29, 1.82) is 0 Å². The lowest BCUT2D eigenvalue weighted by Crippen LogP contribution is -1.98. The molecule has 0 nitrogen and oxygen atoms in total. The van der Waals surface area contributed by atoms with Crippen LogP contribution >= 0.6 is 34.5 Å². The maximum atomic E-state index is 13.4. The van der Waals surface area contributed by atoms with E-state index < -0.39 is 17.0 Å². The molecule has 0 fully saturated rings. The van der Waals surface area contributed by atoms with Crippen LogP contribution < -0.4 is 0 Å². The van der Waals surface area contributed by atoms with Crippen LogP contribution in [0.1, 0.15) is 15.8 Å². The van der Waals surface area contributed by atoms with Crippen molar-refractivity contribution in [2.45, 2.75) is 11.8 Å². The molecule has 0 saturated heterocycles. The highest BCUT2D eigenvalue weighted by Gasteiger charge is 2.16. The van der Waals surface area contributed by atoms with Crippen LogP contribution in [0.2, 0.25) is 5.02 Å². The Morgan fingerprint density at radius 1 is 1.24 bits per heavy atom. The van der Waals surface area contributed by atoms with Crippen molar-refractivity contribution in [2.24, 2.45) is 0 Å². The van der Waals surface area contributed by atoms with E-state index in [4.69, 9.17) is 23.2 Å². The molecule has 0 radical (unpaired) electrons. The van der Waals surface area contributed by atoms with Crippen LogP contribution in [0.15, 0.2) is 29.6 Å². The number of benzene rings is 1. The van der Waals surface area contributed by atoms with Gasteiger partial charge in [0.15, 0.2) is 0 Å². The fourth-order valence-corrected chi connectivity index (χ4v) is 3.16. The molecule has 0 bridgehead atoms. The predicted molar refractivity (Wildman–Crippen MR) is 68.0 cm³/mol. The summed E-state index contributed by atoms with van der Waals surface area (Å²) >= 11 is 13.5. The minimum absolute atomic E-state index is 0.286. The first-order valence-corrected chi connectivity index (χ1v) is 6.58. The number of rotatable bonds is 3. The Hall–Kier alpha value is -0.640. The molecule has 1 heterocycles. The molecule has 17 heavy (non-hydrogen) atoms. The van der Waals surface area contributed by atoms with Crippen LogP contribution in [0.3, 0.4) is 0 Å². The molecule has 0 amide bonds. The summed E-state index contributed by atoms with van der Waals surface area (Å²) in [6.45, 7) is 0. The van der Waals surface area contributed by atoms with Crippen LogP contribution in [0.5, 0.6) is 0 Å². The number of halogens is 4. The van der Waals surface area contributed by atoms with Gasteiger partial charge < -0.3 is 0 Å². The highest BCUT2D eigenvalue weighted by atomic mass is 35.5. The van der Waals surface area contributed by atoms with Crippen LogP contribution in [-0.4, -0.2) is 0 Å². The van der Waals surface area contributed by atoms with Gasteiger partial charge in [-0.3, -0.25) is 0 Å². The number of alkyl halides is 1. The van der Waals surface area contributed by atoms with Gasteiger partial charge in [0.1, 0.15) is 11.6 Å². The van der Waals surface area contributed by atoms with Gasteiger partial charge in [-0.2, -0.15) is 0 Å². The molecule has 1 aromatic heterocycles. The Balaban J connectivity index is 2.19. The topological polar surface area (TPSA) is 0 Å². The quantitative estimate of drug-likeness (QED) is 0.682. The average molecular weight is 293 g/mol. The second kappa shape index (κ2) is 5.34. The van der Waals surface area contributed by atoms with Crippen LogP contribution in [0, 0.1) is 11.6 Å². The number of hydrogen-bond donors (Lipinski definition) is 0. The molecule has 90 valence electrons. The standard InChI is InChI=1S/C12H8Cl2F2S/c13-9-3-4-17-12(9)10(14)5-7-1-2-8(15)6-11(7)16/h1-4,6,10H,5H2. The molecule has 0 aliphatic heterocycles. The monoisotopic (exact) mass is 292 g/mol. The Morgan fingerprint density at radius 3 is 2.59 bits per heavy atom. The summed E-state index contributed by atoms with van der Waals surface area (Å²) in [5.74, 6) is -1.17. The number of thiophene rings is 1. The van der Waals surface area contributed by atoms with Gasteiger partial charge in [0.05, 0.1) is 10.4 Å². The van der Waals surface area contributed by atoms with E-state index in [9.17, 15) is 8.78 Å². The third-order valence-electron chi connectivity index (χ3n) is 2.34. The Labute approximate surface area is 112 Å². The zero-order chi connectivity index (χ0) is 12.4. The van der Waals surface area contributed by atoms with E-state index in [0.717, 1.165) is 10.9 Å². The van der Waals surface area contributed by atoms with Gasteiger partial charge in [-0.15, -0.1) is 22.9 Å². The molecule has 0 aliphatic carbocycles. The van der Waals surface area contributed by atoms with E-state index in [2.05, 4.69) is 0 Å². The fraction of sp³-hybridized carbons (Fsp3) is 0.167. The van der Waals surface area contributed by atoms with Crippen molar-refractivity contribution >= 4 is 34.5 Å². The molecule has 1 aromatic carbocycles. The Kier molecular flexibility index (Phi) is 4.02. The zero-order valence-electron chi connectivity index (χ0n) is 8.59. The van der Waals surface area contributed by atoms with Crippen LogP contribution in [0.25, 0.3) is 0 Å².